The molecule has 0 amide bonds. The van der Waals surface area contributed by atoms with E-state index in [0.29, 0.717) is 6.54 Å². The van der Waals surface area contributed by atoms with Crippen LogP contribution in [0.1, 0.15) is 5.56 Å². The molecule has 4 rings (SSSR count). The minimum Gasteiger partial charge on any atom is -0.506 e. The Morgan fingerprint density at radius 2 is 2.05 bits per heavy atom. The molecular weight excluding hydrogens is 275 g/mol. The van der Waals surface area contributed by atoms with Gasteiger partial charge in [0, 0.05) is 17.5 Å². The Morgan fingerprint density at radius 1 is 1.15 bits per heavy atom. The lowest BCUT2D eigenvalue weighted by Crippen LogP contribution is -1.97. The lowest BCUT2D eigenvalue weighted by molar-refractivity contribution is 0.482. The zero-order chi connectivity index (χ0) is 13.7. The molecule has 3 aromatic rings. The van der Waals surface area contributed by atoms with Crippen molar-refractivity contribution in [3.63, 3.8) is 0 Å². The van der Waals surface area contributed by atoms with Gasteiger partial charge in [-0.25, -0.2) is 4.39 Å². The van der Waals surface area contributed by atoms with Crippen LogP contribution in [0.25, 0.3) is 10.1 Å². The summed E-state index contributed by atoms with van der Waals surface area (Å²) < 4.78 is 14.2. The molecule has 3 nitrogen and oxygen atoms in total. The van der Waals surface area contributed by atoms with Crippen LogP contribution in [0.3, 0.4) is 0 Å². The first-order valence-electron chi connectivity index (χ1n) is 6.26. The maximum Gasteiger partial charge on any atom is 0.133 e. The Labute approximate surface area is 118 Å². The molecule has 0 bridgehead atoms. The van der Waals surface area contributed by atoms with E-state index in [0.717, 1.165) is 32.0 Å². The van der Waals surface area contributed by atoms with E-state index < -0.39 is 0 Å². The molecule has 0 aliphatic carbocycles. The van der Waals surface area contributed by atoms with E-state index in [1.807, 2.05) is 12.1 Å². The lowest BCUT2D eigenvalue weighted by atomic mass is 10.1. The molecule has 0 unspecified atom stereocenters. The fourth-order valence-electron chi connectivity index (χ4n) is 2.51. The molecule has 1 aliphatic heterocycles. The Bertz CT molecular complexity index is 828. The zero-order valence-electron chi connectivity index (χ0n) is 10.4. The molecule has 20 heavy (non-hydrogen) atoms. The molecule has 5 heteroatoms. The Hall–Kier alpha value is -2.27. The van der Waals surface area contributed by atoms with Crippen LogP contribution in [0.4, 0.5) is 20.8 Å². The van der Waals surface area contributed by atoms with Gasteiger partial charge in [-0.3, -0.25) is 0 Å². The molecule has 1 aliphatic rings. The van der Waals surface area contributed by atoms with E-state index in [4.69, 9.17) is 0 Å². The van der Waals surface area contributed by atoms with E-state index in [2.05, 4.69) is 10.6 Å². The molecular formula is C15H11FN2OS. The maximum absolute atomic E-state index is 13.4. The quantitative estimate of drug-likeness (QED) is 0.573. The molecule has 3 N–H and O–H groups in total. The summed E-state index contributed by atoms with van der Waals surface area (Å²) in [6.45, 7) is 0.643. The summed E-state index contributed by atoms with van der Waals surface area (Å²) in [5.74, 6) is 0.00676. The lowest BCUT2D eigenvalue weighted by Gasteiger charge is -2.08. The molecule has 100 valence electrons. The van der Waals surface area contributed by atoms with Crippen LogP contribution < -0.4 is 10.6 Å². The molecule has 0 spiro atoms. The highest BCUT2D eigenvalue weighted by Gasteiger charge is 2.19. The standard InChI is InChI=1S/C15H11FN2OS/c16-8-4-5-11-12(6-8)18-15-10(7-17-11)9-2-1-3-13(19)14(9)20-15/h1-6,17-19H,7H2. The minimum atomic E-state index is -0.273. The summed E-state index contributed by atoms with van der Waals surface area (Å²) >= 11 is 1.49. The van der Waals surface area contributed by atoms with Crippen molar-refractivity contribution in [1.29, 1.82) is 0 Å². The number of nitrogens with one attached hydrogen (secondary N) is 2. The smallest absolute Gasteiger partial charge is 0.133 e. The van der Waals surface area contributed by atoms with Gasteiger partial charge >= 0.3 is 0 Å². The van der Waals surface area contributed by atoms with Crippen LogP contribution in [0, 0.1) is 5.82 Å². The number of phenols is 1. The van der Waals surface area contributed by atoms with Gasteiger partial charge in [0.1, 0.15) is 11.6 Å². The van der Waals surface area contributed by atoms with Crippen LogP contribution in [0.15, 0.2) is 36.4 Å². The van der Waals surface area contributed by atoms with Crippen LogP contribution in [0.5, 0.6) is 5.75 Å². The number of phenolic OH excluding ortho intramolecular Hbond substituents is 1. The van der Waals surface area contributed by atoms with Crippen LogP contribution in [-0.4, -0.2) is 5.11 Å². The van der Waals surface area contributed by atoms with Crippen molar-refractivity contribution in [2.24, 2.45) is 0 Å². The van der Waals surface area contributed by atoms with Gasteiger partial charge in [0.15, 0.2) is 0 Å². The highest BCUT2D eigenvalue weighted by Crippen LogP contribution is 2.44. The number of benzene rings is 2. The van der Waals surface area contributed by atoms with Crippen molar-refractivity contribution in [3.05, 3.63) is 47.8 Å². The number of hydrogen-bond acceptors (Lipinski definition) is 4. The Kier molecular flexibility index (Phi) is 2.37. The molecule has 1 aromatic heterocycles. The van der Waals surface area contributed by atoms with Gasteiger partial charge in [0.05, 0.1) is 21.1 Å². The number of aromatic hydroxyl groups is 1. The average Bonchev–Trinajstić information content (AvgIpc) is 2.68. The monoisotopic (exact) mass is 286 g/mol. The minimum absolute atomic E-state index is 0.273. The summed E-state index contributed by atoms with van der Waals surface area (Å²) in [7, 11) is 0. The van der Waals surface area contributed by atoms with Crippen LogP contribution in [-0.2, 0) is 6.54 Å². The second kappa shape index (κ2) is 4.11. The van der Waals surface area contributed by atoms with E-state index in [1.54, 1.807) is 12.1 Å². The Balaban J connectivity index is 1.92. The predicted molar refractivity (Wildman–Crippen MR) is 80.5 cm³/mol. The van der Waals surface area contributed by atoms with Crippen molar-refractivity contribution in [1.82, 2.24) is 0 Å². The number of fused-ring (bicyclic) bond motifs is 4. The first-order chi connectivity index (χ1) is 9.72. The first kappa shape index (κ1) is 11.5. The third-order valence-electron chi connectivity index (χ3n) is 3.48. The summed E-state index contributed by atoms with van der Waals surface area (Å²) in [4.78, 5) is 0. The van der Waals surface area contributed by atoms with Gasteiger partial charge in [-0.2, -0.15) is 0 Å². The normalized spacial score (nSPS) is 13.1. The molecule has 0 saturated carbocycles. The fraction of sp³-hybridized carbons (Fsp3) is 0.0667. The number of rotatable bonds is 0. The van der Waals surface area contributed by atoms with Gasteiger partial charge in [-0.05, 0) is 24.3 Å². The second-order valence-electron chi connectivity index (χ2n) is 4.73. The van der Waals surface area contributed by atoms with E-state index in [-0.39, 0.29) is 11.6 Å². The van der Waals surface area contributed by atoms with Gasteiger partial charge in [0.25, 0.3) is 0 Å². The fourth-order valence-corrected chi connectivity index (χ4v) is 3.66. The highest BCUT2D eigenvalue weighted by atomic mass is 32.1. The van der Waals surface area contributed by atoms with Gasteiger partial charge in [-0.1, -0.05) is 12.1 Å². The van der Waals surface area contributed by atoms with Crippen molar-refractivity contribution in [2.75, 3.05) is 10.6 Å². The topological polar surface area (TPSA) is 44.3 Å². The highest BCUT2D eigenvalue weighted by molar-refractivity contribution is 7.23. The summed E-state index contributed by atoms with van der Waals surface area (Å²) in [5.41, 5.74) is 2.69. The third kappa shape index (κ3) is 1.63. The van der Waals surface area contributed by atoms with Crippen molar-refractivity contribution in [3.8, 4) is 5.75 Å². The molecule has 0 saturated heterocycles. The molecule has 0 fully saturated rings. The van der Waals surface area contributed by atoms with Gasteiger partial charge in [-0.15, -0.1) is 11.3 Å². The summed E-state index contributed by atoms with van der Waals surface area (Å²) in [6, 6.07) is 10.2. The Morgan fingerprint density at radius 3 is 2.95 bits per heavy atom. The maximum atomic E-state index is 13.4. The summed E-state index contributed by atoms with van der Waals surface area (Å²) in [6.07, 6.45) is 0. The SMILES string of the molecule is Oc1cccc2c3c(sc12)Nc1cc(F)ccc1NC3. The molecule has 0 atom stereocenters. The second-order valence-corrected chi connectivity index (χ2v) is 5.75. The van der Waals surface area contributed by atoms with E-state index >= 15 is 0 Å². The van der Waals surface area contributed by atoms with Crippen LogP contribution in [0.2, 0.25) is 0 Å². The predicted octanol–water partition coefficient (Wildman–Crippen LogP) is 4.42. The van der Waals surface area contributed by atoms with Gasteiger partial charge < -0.3 is 15.7 Å². The van der Waals surface area contributed by atoms with E-state index in [9.17, 15) is 9.50 Å². The van der Waals surface area contributed by atoms with Crippen LogP contribution >= 0.6 is 11.3 Å². The molecule has 2 heterocycles. The number of thiophene rings is 1. The van der Waals surface area contributed by atoms with Crippen molar-refractivity contribution < 1.29 is 9.50 Å². The average molecular weight is 286 g/mol. The first-order valence-corrected chi connectivity index (χ1v) is 7.08. The number of halogens is 1. The molecule has 0 radical (unpaired) electrons. The van der Waals surface area contributed by atoms with Gasteiger partial charge in [0.2, 0.25) is 0 Å². The largest absolute Gasteiger partial charge is 0.506 e. The third-order valence-corrected chi connectivity index (χ3v) is 4.67. The van der Waals surface area contributed by atoms with Crippen molar-refractivity contribution in [2.45, 2.75) is 6.54 Å². The molecule has 2 aromatic carbocycles. The van der Waals surface area contributed by atoms with Crippen molar-refractivity contribution >= 4 is 37.8 Å². The number of anilines is 3. The number of hydrogen-bond donors (Lipinski definition) is 3. The van der Waals surface area contributed by atoms with E-state index in [1.165, 1.54) is 23.5 Å². The summed E-state index contributed by atoms with van der Waals surface area (Å²) in [5, 5.41) is 18.5. The zero-order valence-corrected chi connectivity index (χ0v) is 11.2.